The summed E-state index contributed by atoms with van der Waals surface area (Å²) in [4.78, 5) is 22.3. The van der Waals surface area contributed by atoms with E-state index in [0.29, 0.717) is 6.04 Å². The van der Waals surface area contributed by atoms with Gasteiger partial charge in [0, 0.05) is 81.9 Å². The van der Waals surface area contributed by atoms with Gasteiger partial charge in [0.05, 0.1) is 0 Å². The van der Waals surface area contributed by atoms with E-state index in [0.717, 1.165) is 64.5 Å². The third kappa shape index (κ3) is 5.81. The minimum Gasteiger partial charge on any atom is -0.371 e. The van der Waals surface area contributed by atoms with E-state index in [1.54, 1.807) is 0 Å². The fraction of sp³-hybridized carbons (Fsp3) is 0.552. The molecule has 5 rings (SSSR count). The highest BCUT2D eigenvalue weighted by Gasteiger charge is 2.23. The van der Waals surface area contributed by atoms with Gasteiger partial charge in [0.2, 0.25) is 0 Å². The number of benzene rings is 2. The van der Waals surface area contributed by atoms with Gasteiger partial charge in [-0.2, -0.15) is 0 Å². The van der Waals surface area contributed by atoms with Crippen molar-refractivity contribution in [1.82, 2.24) is 15.1 Å². The summed E-state index contributed by atoms with van der Waals surface area (Å²) in [5, 5.41) is 3.82. The van der Waals surface area contributed by atoms with Gasteiger partial charge in [0.25, 0.3) is 5.91 Å². The summed E-state index contributed by atoms with van der Waals surface area (Å²) in [6.45, 7) is 12.3. The molecule has 6 heteroatoms. The molecule has 0 spiro atoms. The quantitative estimate of drug-likeness (QED) is 0.664. The van der Waals surface area contributed by atoms with Crippen molar-refractivity contribution in [3.63, 3.8) is 0 Å². The molecule has 0 radical (unpaired) electrons. The van der Waals surface area contributed by atoms with E-state index in [1.807, 2.05) is 17.0 Å². The smallest absolute Gasteiger partial charge is 0.253 e. The lowest BCUT2D eigenvalue weighted by Crippen LogP contribution is -2.48. The molecule has 188 valence electrons. The van der Waals surface area contributed by atoms with Gasteiger partial charge in [-0.25, -0.2) is 0 Å². The molecule has 0 saturated carbocycles. The largest absolute Gasteiger partial charge is 0.371 e. The zero-order valence-corrected chi connectivity index (χ0v) is 21.3. The normalized spacial score (nSPS) is 19.6. The summed E-state index contributed by atoms with van der Waals surface area (Å²) in [5.74, 6) is 0.173. The van der Waals surface area contributed by atoms with Gasteiger partial charge in [0.15, 0.2) is 0 Å². The molecule has 35 heavy (non-hydrogen) atoms. The molecule has 6 nitrogen and oxygen atoms in total. The molecule has 0 aromatic heterocycles. The molecule has 2 aromatic rings. The Labute approximate surface area is 210 Å². The number of nitrogens with zero attached hydrogens (tertiary/aromatic N) is 4. The standard InChI is InChI=1S/C29H41N5O/c1-2-31-20-22-34(23-21-31)29(35)25-9-11-27(12-10-25)32-17-13-26(14-18-32)30-15-19-33-16-5-7-24-6-3-4-8-28(24)33/h3-4,6,8-12,26,30H,2,5,7,13-23H2,1H3. The number of piperidine rings is 1. The van der Waals surface area contributed by atoms with Gasteiger partial charge in [-0.1, -0.05) is 25.1 Å². The second-order valence-corrected chi connectivity index (χ2v) is 10.2. The van der Waals surface area contributed by atoms with Crippen molar-refractivity contribution in [1.29, 1.82) is 0 Å². The Hall–Kier alpha value is -2.57. The molecular weight excluding hydrogens is 434 g/mol. The Balaban J connectivity index is 1.05. The number of aryl methyl sites for hydroxylation is 1. The van der Waals surface area contributed by atoms with Crippen LogP contribution in [0, 0.1) is 0 Å². The van der Waals surface area contributed by atoms with Crippen molar-refractivity contribution in [2.24, 2.45) is 0 Å². The van der Waals surface area contributed by atoms with Crippen LogP contribution in [0.1, 0.15) is 42.1 Å². The highest BCUT2D eigenvalue weighted by atomic mass is 16.2. The molecule has 1 amide bonds. The van der Waals surface area contributed by atoms with Crippen molar-refractivity contribution in [3.8, 4) is 0 Å². The monoisotopic (exact) mass is 475 g/mol. The highest BCUT2D eigenvalue weighted by Crippen LogP contribution is 2.26. The van der Waals surface area contributed by atoms with Crippen molar-refractivity contribution >= 4 is 17.3 Å². The average molecular weight is 476 g/mol. The SMILES string of the molecule is CCN1CCN(C(=O)c2ccc(N3CCC(NCCN4CCCc5ccccc54)CC3)cc2)CC1. The first-order valence-electron chi connectivity index (χ1n) is 13.6. The topological polar surface area (TPSA) is 42.1 Å². The maximum atomic E-state index is 12.9. The van der Waals surface area contributed by atoms with E-state index in [9.17, 15) is 4.79 Å². The lowest BCUT2D eigenvalue weighted by atomic mass is 10.0. The van der Waals surface area contributed by atoms with Crippen molar-refractivity contribution in [3.05, 3.63) is 59.7 Å². The van der Waals surface area contributed by atoms with Crippen LogP contribution >= 0.6 is 0 Å². The number of piperazine rings is 1. The number of nitrogens with one attached hydrogen (secondary N) is 1. The molecule has 0 aliphatic carbocycles. The minimum atomic E-state index is 0.173. The molecule has 2 fully saturated rings. The highest BCUT2D eigenvalue weighted by molar-refractivity contribution is 5.94. The summed E-state index contributed by atoms with van der Waals surface area (Å²) in [6.07, 6.45) is 4.80. The number of hydrogen-bond donors (Lipinski definition) is 1. The number of carbonyl (C=O) groups excluding carboxylic acids is 1. The number of amides is 1. The maximum Gasteiger partial charge on any atom is 0.253 e. The van der Waals surface area contributed by atoms with Gasteiger partial charge >= 0.3 is 0 Å². The molecule has 0 unspecified atom stereocenters. The Morgan fingerprint density at radius 2 is 1.66 bits per heavy atom. The summed E-state index contributed by atoms with van der Waals surface area (Å²) in [5.41, 5.74) is 4.98. The first-order chi connectivity index (χ1) is 17.2. The summed E-state index contributed by atoms with van der Waals surface area (Å²) >= 11 is 0. The molecule has 3 heterocycles. The van der Waals surface area contributed by atoms with Gasteiger partial charge in [-0.3, -0.25) is 4.79 Å². The van der Waals surface area contributed by atoms with Crippen LogP contribution in [0.4, 0.5) is 11.4 Å². The zero-order chi connectivity index (χ0) is 24.0. The van der Waals surface area contributed by atoms with Gasteiger partial charge in [-0.05, 0) is 68.1 Å². The van der Waals surface area contributed by atoms with E-state index < -0.39 is 0 Å². The number of anilines is 2. The first kappa shape index (κ1) is 24.1. The second-order valence-electron chi connectivity index (χ2n) is 10.2. The predicted molar refractivity (Wildman–Crippen MR) is 145 cm³/mol. The van der Waals surface area contributed by atoms with Crippen LogP contribution in [-0.2, 0) is 6.42 Å². The Bertz CT molecular complexity index is 961. The average Bonchev–Trinajstić information content (AvgIpc) is 2.93. The minimum absolute atomic E-state index is 0.173. The lowest BCUT2D eigenvalue weighted by Gasteiger charge is -2.36. The van der Waals surface area contributed by atoms with E-state index in [2.05, 4.69) is 63.3 Å². The molecule has 0 bridgehead atoms. The zero-order valence-electron chi connectivity index (χ0n) is 21.3. The van der Waals surface area contributed by atoms with Crippen LogP contribution < -0.4 is 15.1 Å². The molecule has 2 aromatic carbocycles. The number of likely N-dealkylation sites (N-methyl/N-ethyl adjacent to an activating group) is 1. The van der Waals surface area contributed by atoms with Crippen LogP contribution in [-0.4, -0.2) is 87.2 Å². The van der Waals surface area contributed by atoms with Crippen LogP contribution in [0.3, 0.4) is 0 Å². The predicted octanol–water partition coefficient (Wildman–Crippen LogP) is 3.48. The third-order valence-corrected chi connectivity index (χ3v) is 8.10. The fourth-order valence-electron chi connectivity index (χ4n) is 5.85. The number of fused-ring (bicyclic) bond motifs is 1. The van der Waals surface area contributed by atoms with E-state index in [4.69, 9.17) is 0 Å². The number of hydrogen-bond acceptors (Lipinski definition) is 5. The van der Waals surface area contributed by atoms with Crippen LogP contribution in [0.15, 0.2) is 48.5 Å². The Morgan fingerprint density at radius 3 is 2.40 bits per heavy atom. The number of rotatable bonds is 7. The summed E-state index contributed by atoms with van der Waals surface area (Å²) in [6, 6.07) is 17.8. The van der Waals surface area contributed by atoms with E-state index in [-0.39, 0.29) is 5.91 Å². The van der Waals surface area contributed by atoms with Crippen molar-refractivity contribution in [2.75, 3.05) is 75.2 Å². The van der Waals surface area contributed by atoms with Crippen LogP contribution in [0.25, 0.3) is 0 Å². The third-order valence-electron chi connectivity index (χ3n) is 8.10. The van der Waals surface area contributed by atoms with Crippen molar-refractivity contribution < 1.29 is 4.79 Å². The first-order valence-corrected chi connectivity index (χ1v) is 13.6. The lowest BCUT2D eigenvalue weighted by molar-refractivity contribution is 0.0643. The maximum absolute atomic E-state index is 12.9. The molecule has 2 saturated heterocycles. The molecule has 3 aliphatic heterocycles. The van der Waals surface area contributed by atoms with Crippen LogP contribution in [0.5, 0.6) is 0 Å². The van der Waals surface area contributed by atoms with E-state index >= 15 is 0 Å². The van der Waals surface area contributed by atoms with Gasteiger partial charge < -0.3 is 24.9 Å². The Morgan fingerprint density at radius 1 is 0.914 bits per heavy atom. The molecule has 3 aliphatic rings. The molecule has 1 N–H and O–H groups in total. The molecular formula is C29H41N5O. The Kier molecular flexibility index (Phi) is 7.89. The fourth-order valence-corrected chi connectivity index (χ4v) is 5.85. The summed E-state index contributed by atoms with van der Waals surface area (Å²) < 4.78 is 0. The summed E-state index contributed by atoms with van der Waals surface area (Å²) in [7, 11) is 0. The van der Waals surface area contributed by atoms with Gasteiger partial charge in [0.1, 0.15) is 0 Å². The van der Waals surface area contributed by atoms with Crippen LogP contribution in [0.2, 0.25) is 0 Å². The van der Waals surface area contributed by atoms with E-state index in [1.165, 1.54) is 49.2 Å². The number of carbonyl (C=O) groups is 1. The molecule has 0 atom stereocenters. The van der Waals surface area contributed by atoms with Gasteiger partial charge in [-0.15, -0.1) is 0 Å². The van der Waals surface area contributed by atoms with Crippen molar-refractivity contribution in [2.45, 2.75) is 38.6 Å². The number of para-hydroxylation sites is 1. The second kappa shape index (κ2) is 11.4.